The molecule has 132 valence electrons. The highest BCUT2D eigenvalue weighted by Crippen LogP contribution is 2.36. The van der Waals surface area contributed by atoms with Gasteiger partial charge in [-0.15, -0.1) is 0 Å². The normalized spacial score (nSPS) is 15.3. The maximum atomic E-state index is 12.8. The SMILES string of the molecule is COc1ccc(/C=C2/SC(=S)N(c3ccc(NNC=O)cc3)C2=O)cc1. The van der Waals surface area contributed by atoms with Gasteiger partial charge in [-0.1, -0.05) is 36.1 Å². The number of hydrogen-bond acceptors (Lipinski definition) is 6. The first-order valence-electron chi connectivity index (χ1n) is 7.59. The molecule has 0 unspecified atom stereocenters. The van der Waals surface area contributed by atoms with Crippen LogP contribution in [0.3, 0.4) is 0 Å². The van der Waals surface area contributed by atoms with Crippen LogP contribution < -0.4 is 20.5 Å². The third-order valence-electron chi connectivity index (χ3n) is 3.61. The molecule has 2 aromatic carbocycles. The van der Waals surface area contributed by atoms with E-state index in [9.17, 15) is 9.59 Å². The number of nitrogens with one attached hydrogen (secondary N) is 2. The summed E-state index contributed by atoms with van der Waals surface area (Å²) >= 11 is 6.63. The van der Waals surface area contributed by atoms with Crippen LogP contribution in [0, 0.1) is 0 Å². The van der Waals surface area contributed by atoms with Gasteiger partial charge in [0.25, 0.3) is 5.91 Å². The van der Waals surface area contributed by atoms with Crippen LogP contribution in [0.2, 0.25) is 0 Å². The van der Waals surface area contributed by atoms with Gasteiger partial charge in [-0.3, -0.25) is 25.3 Å². The van der Waals surface area contributed by atoms with Crippen molar-refractivity contribution in [1.29, 1.82) is 0 Å². The van der Waals surface area contributed by atoms with Crippen LogP contribution in [0.1, 0.15) is 5.56 Å². The fourth-order valence-corrected chi connectivity index (χ4v) is 3.65. The number of carbonyl (C=O) groups excluding carboxylic acids is 2. The Bertz CT molecular complexity index is 864. The van der Waals surface area contributed by atoms with Crippen LogP contribution in [0.25, 0.3) is 6.08 Å². The standard InChI is InChI=1S/C18H15N3O3S2/c1-24-15-8-2-12(3-9-15)10-16-17(23)21(18(25)26-16)14-6-4-13(5-7-14)20-19-11-22/h2-11,20H,1H3,(H,19,22)/b16-10+. The Hall–Kier alpha value is -2.84. The lowest BCUT2D eigenvalue weighted by molar-refractivity contribution is -0.113. The highest BCUT2D eigenvalue weighted by atomic mass is 32.2. The zero-order valence-corrected chi connectivity index (χ0v) is 15.4. The van der Waals surface area contributed by atoms with Crippen molar-refractivity contribution >= 4 is 58.1 Å². The Morgan fingerprint density at radius 1 is 1.12 bits per heavy atom. The molecule has 1 saturated heterocycles. The van der Waals surface area contributed by atoms with Crippen molar-refractivity contribution in [2.45, 2.75) is 0 Å². The first kappa shape index (κ1) is 18.0. The van der Waals surface area contributed by atoms with Gasteiger partial charge in [0.2, 0.25) is 6.41 Å². The third kappa shape index (κ3) is 3.87. The summed E-state index contributed by atoms with van der Waals surface area (Å²) in [7, 11) is 1.61. The number of ether oxygens (including phenoxy) is 1. The van der Waals surface area contributed by atoms with Crippen LogP contribution >= 0.6 is 24.0 Å². The van der Waals surface area contributed by atoms with E-state index in [1.54, 1.807) is 31.4 Å². The van der Waals surface area contributed by atoms with Gasteiger partial charge < -0.3 is 4.74 Å². The minimum absolute atomic E-state index is 0.164. The molecule has 3 rings (SSSR count). The van der Waals surface area contributed by atoms with Crippen LogP contribution in [0.4, 0.5) is 11.4 Å². The number of thioether (sulfide) groups is 1. The lowest BCUT2D eigenvalue weighted by atomic mass is 10.2. The van der Waals surface area contributed by atoms with Crippen molar-refractivity contribution in [3.63, 3.8) is 0 Å². The molecule has 1 fully saturated rings. The average Bonchev–Trinajstić information content (AvgIpc) is 2.94. The zero-order valence-electron chi connectivity index (χ0n) is 13.8. The summed E-state index contributed by atoms with van der Waals surface area (Å²) in [4.78, 5) is 25.1. The number of rotatable bonds is 6. The minimum Gasteiger partial charge on any atom is -0.497 e. The molecule has 0 atom stereocenters. The lowest BCUT2D eigenvalue weighted by Gasteiger charge is -2.15. The Morgan fingerprint density at radius 2 is 1.81 bits per heavy atom. The van der Waals surface area contributed by atoms with Crippen LogP contribution in [0.15, 0.2) is 53.4 Å². The van der Waals surface area contributed by atoms with Gasteiger partial charge in [0.15, 0.2) is 4.32 Å². The predicted molar refractivity (Wildman–Crippen MR) is 108 cm³/mol. The maximum absolute atomic E-state index is 12.8. The number of benzene rings is 2. The van der Waals surface area contributed by atoms with Crippen LogP contribution in [0.5, 0.6) is 5.75 Å². The number of thiocarbonyl (C=S) groups is 1. The number of hydrazine groups is 1. The third-order valence-corrected chi connectivity index (χ3v) is 4.91. The Labute approximate surface area is 160 Å². The molecule has 1 aliphatic heterocycles. The molecule has 8 heteroatoms. The molecule has 0 saturated carbocycles. The molecule has 0 radical (unpaired) electrons. The fraction of sp³-hybridized carbons (Fsp3) is 0.0556. The van der Waals surface area contributed by atoms with Crippen LogP contribution in [-0.4, -0.2) is 23.7 Å². The van der Waals surface area contributed by atoms with E-state index in [1.165, 1.54) is 16.7 Å². The molecule has 0 bridgehead atoms. The smallest absolute Gasteiger partial charge is 0.270 e. The summed E-state index contributed by atoms with van der Waals surface area (Å²) in [6.07, 6.45) is 2.35. The van der Waals surface area contributed by atoms with Crippen molar-refractivity contribution in [1.82, 2.24) is 5.43 Å². The quantitative estimate of drug-likeness (QED) is 0.344. The lowest BCUT2D eigenvalue weighted by Crippen LogP contribution is -2.27. The van der Waals surface area contributed by atoms with Crippen LogP contribution in [-0.2, 0) is 9.59 Å². The van der Waals surface area contributed by atoms with Gasteiger partial charge in [-0.25, -0.2) is 0 Å². The number of hydrogen-bond donors (Lipinski definition) is 2. The summed E-state index contributed by atoms with van der Waals surface area (Å²) in [6.45, 7) is 0. The Kier molecular flexibility index (Phi) is 5.55. The molecular formula is C18H15N3O3S2. The van der Waals surface area contributed by atoms with E-state index in [0.717, 1.165) is 11.3 Å². The topological polar surface area (TPSA) is 70.7 Å². The number of methoxy groups -OCH3 is 1. The van der Waals surface area contributed by atoms with E-state index >= 15 is 0 Å². The van der Waals surface area contributed by atoms with Crippen molar-refractivity contribution < 1.29 is 14.3 Å². The van der Waals surface area contributed by atoms with Gasteiger partial charge in [0.1, 0.15) is 5.75 Å². The summed E-state index contributed by atoms with van der Waals surface area (Å²) in [6, 6.07) is 14.5. The largest absolute Gasteiger partial charge is 0.497 e. The number of nitrogens with zero attached hydrogens (tertiary/aromatic N) is 1. The van der Waals surface area contributed by atoms with Gasteiger partial charge >= 0.3 is 0 Å². The fourth-order valence-electron chi connectivity index (χ4n) is 2.35. The maximum Gasteiger partial charge on any atom is 0.270 e. The van der Waals surface area contributed by atoms with Gasteiger partial charge in [0.05, 0.1) is 23.4 Å². The van der Waals surface area contributed by atoms with Crippen molar-refractivity contribution in [2.24, 2.45) is 0 Å². The highest BCUT2D eigenvalue weighted by Gasteiger charge is 2.33. The first-order valence-corrected chi connectivity index (χ1v) is 8.82. The van der Waals surface area contributed by atoms with E-state index in [4.69, 9.17) is 17.0 Å². The molecule has 2 N–H and O–H groups in total. The van der Waals surface area contributed by atoms with E-state index in [1.807, 2.05) is 30.3 Å². The number of anilines is 2. The molecule has 2 amide bonds. The summed E-state index contributed by atoms with van der Waals surface area (Å²) in [5.41, 5.74) is 7.32. The average molecular weight is 385 g/mol. The molecule has 0 aliphatic carbocycles. The molecule has 0 spiro atoms. The predicted octanol–water partition coefficient (Wildman–Crippen LogP) is 3.17. The van der Waals surface area contributed by atoms with E-state index < -0.39 is 0 Å². The second-order valence-electron chi connectivity index (χ2n) is 5.22. The van der Waals surface area contributed by atoms with E-state index in [-0.39, 0.29) is 5.91 Å². The zero-order chi connectivity index (χ0) is 18.5. The van der Waals surface area contributed by atoms with Crippen molar-refractivity contribution in [2.75, 3.05) is 17.4 Å². The molecule has 0 aromatic heterocycles. The minimum atomic E-state index is -0.164. The Balaban J connectivity index is 1.79. The van der Waals surface area contributed by atoms with Crippen molar-refractivity contribution in [3.8, 4) is 5.75 Å². The molecule has 2 aromatic rings. The molecule has 26 heavy (non-hydrogen) atoms. The van der Waals surface area contributed by atoms with Gasteiger partial charge in [-0.2, -0.15) is 0 Å². The first-order chi connectivity index (χ1) is 12.6. The summed E-state index contributed by atoms with van der Waals surface area (Å²) in [5.74, 6) is 0.593. The monoisotopic (exact) mass is 385 g/mol. The molecule has 6 nitrogen and oxygen atoms in total. The second kappa shape index (κ2) is 8.03. The Morgan fingerprint density at radius 3 is 2.42 bits per heavy atom. The van der Waals surface area contributed by atoms with Gasteiger partial charge in [-0.05, 0) is 48.0 Å². The second-order valence-corrected chi connectivity index (χ2v) is 6.90. The van der Waals surface area contributed by atoms with E-state index in [2.05, 4.69) is 10.9 Å². The molecular weight excluding hydrogens is 370 g/mol. The van der Waals surface area contributed by atoms with Gasteiger partial charge in [0, 0.05) is 0 Å². The van der Waals surface area contributed by atoms with Crippen molar-refractivity contribution in [3.05, 3.63) is 59.0 Å². The molecule has 1 heterocycles. The summed E-state index contributed by atoms with van der Waals surface area (Å²) < 4.78 is 5.61. The number of amides is 2. The highest BCUT2D eigenvalue weighted by molar-refractivity contribution is 8.27. The summed E-state index contributed by atoms with van der Waals surface area (Å²) in [5, 5.41) is 0. The number of carbonyl (C=O) groups is 2. The molecule has 1 aliphatic rings. The van der Waals surface area contributed by atoms with E-state index in [0.29, 0.717) is 27.0 Å².